The average Bonchev–Trinajstić information content (AvgIpc) is 2.56. The van der Waals surface area contributed by atoms with Crippen molar-refractivity contribution < 1.29 is 19.6 Å². The number of hydrogen-bond donors (Lipinski definition) is 1. The first-order valence-corrected chi connectivity index (χ1v) is 7.57. The van der Waals surface area contributed by atoms with Crippen LogP contribution >= 0.6 is 0 Å². The number of aryl methyl sites for hydroxylation is 1. The minimum absolute atomic E-state index is 0.0403. The molecule has 0 bridgehead atoms. The topological polar surface area (TPSA) is 102 Å². The van der Waals surface area contributed by atoms with E-state index in [1.54, 1.807) is 50.4 Å². The van der Waals surface area contributed by atoms with Gasteiger partial charge >= 0.3 is 5.97 Å². The van der Waals surface area contributed by atoms with E-state index in [0.717, 1.165) is 11.1 Å². The molecule has 0 aliphatic heterocycles. The van der Waals surface area contributed by atoms with Crippen molar-refractivity contribution in [1.82, 2.24) is 0 Å². The van der Waals surface area contributed by atoms with Crippen molar-refractivity contribution >= 4 is 23.6 Å². The molecule has 7 nitrogen and oxygen atoms in total. The zero-order chi connectivity index (χ0) is 18.6. The average molecular weight is 342 g/mol. The van der Waals surface area contributed by atoms with Crippen LogP contribution in [-0.2, 0) is 4.79 Å². The van der Waals surface area contributed by atoms with Crippen molar-refractivity contribution in [2.45, 2.75) is 26.9 Å². The Balaban J connectivity index is 2.17. The maximum Gasteiger partial charge on any atom is 0.344 e. The molecule has 0 aliphatic rings. The molecule has 0 aliphatic carbocycles. The van der Waals surface area contributed by atoms with E-state index in [-0.39, 0.29) is 5.69 Å². The quantitative estimate of drug-likeness (QED) is 0.488. The number of ether oxygens (including phenoxy) is 1. The van der Waals surface area contributed by atoms with E-state index in [2.05, 4.69) is 4.99 Å². The minimum atomic E-state index is -1.04. The number of rotatable bonds is 6. The molecular formula is C18H18N2O5. The summed E-state index contributed by atoms with van der Waals surface area (Å²) in [5.41, 5.74) is 2.72. The summed E-state index contributed by atoms with van der Waals surface area (Å²) in [4.78, 5) is 25.7. The molecule has 25 heavy (non-hydrogen) atoms. The van der Waals surface area contributed by atoms with Crippen LogP contribution in [0.2, 0.25) is 0 Å². The number of aliphatic carboxylic acids is 1. The number of carboxylic acid groups (broad SMARTS) is 1. The van der Waals surface area contributed by atoms with Crippen LogP contribution in [-0.4, -0.2) is 28.3 Å². The highest BCUT2D eigenvalue weighted by atomic mass is 16.6. The van der Waals surface area contributed by atoms with Gasteiger partial charge in [-0.25, -0.2) is 4.79 Å². The molecule has 0 unspecified atom stereocenters. The third-order valence-corrected chi connectivity index (χ3v) is 3.72. The largest absolute Gasteiger partial charge is 0.479 e. The van der Waals surface area contributed by atoms with Crippen LogP contribution in [0.15, 0.2) is 41.4 Å². The highest BCUT2D eigenvalue weighted by molar-refractivity contribution is 5.82. The maximum absolute atomic E-state index is 11.1. The number of hydrogen-bond acceptors (Lipinski definition) is 5. The molecule has 0 saturated carbocycles. The van der Waals surface area contributed by atoms with Crippen LogP contribution in [0.1, 0.15) is 23.6 Å². The van der Waals surface area contributed by atoms with Gasteiger partial charge < -0.3 is 9.84 Å². The molecule has 0 amide bonds. The third-order valence-electron chi connectivity index (χ3n) is 3.72. The molecule has 130 valence electrons. The van der Waals surface area contributed by atoms with E-state index in [1.807, 2.05) is 0 Å². The zero-order valence-corrected chi connectivity index (χ0v) is 14.1. The number of carboxylic acids is 1. The van der Waals surface area contributed by atoms with Gasteiger partial charge in [-0.05, 0) is 62.2 Å². The Bertz CT molecular complexity index is 828. The van der Waals surface area contributed by atoms with Crippen molar-refractivity contribution in [2.24, 2.45) is 4.99 Å². The lowest BCUT2D eigenvalue weighted by Gasteiger charge is -2.09. The molecule has 0 aromatic heterocycles. The molecule has 0 fully saturated rings. The summed E-state index contributed by atoms with van der Waals surface area (Å²) in [6.45, 7) is 4.96. The second-order valence-corrected chi connectivity index (χ2v) is 5.59. The van der Waals surface area contributed by atoms with E-state index in [9.17, 15) is 14.9 Å². The molecule has 0 radical (unpaired) electrons. The van der Waals surface area contributed by atoms with E-state index < -0.39 is 17.0 Å². The molecule has 2 aromatic carbocycles. The molecule has 1 atom stereocenters. The highest BCUT2D eigenvalue weighted by Gasteiger charge is 2.14. The Labute approximate surface area is 144 Å². The van der Waals surface area contributed by atoms with Gasteiger partial charge in [0, 0.05) is 17.8 Å². The van der Waals surface area contributed by atoms with Gasteiger partial charge in [0.2, 0.25) is 0 Å². The van der Waals surface area contributed by atoms with Crippen LogP contribution < -0.4 is 4.74 Å². The summed E-state index contributed by atoms with van der Waals surface area (Å²) in [6.07, 6.45) is 0.647. The van der Waals surface area contributed by atoms with Crippen molar-refractivity contribution in [2.75, 3.05) is 0 Å². The lowest BCUT2D eigenvalue weighted by atomic mass is 10.1. The third kappa shape index (κ3) is 4.63. The van der Waals surface area contributed by atoms with Crippen LogP contribution in [0.4, 0.5) is 11.4 Å². The van der Waals surface area contributed by atoms with Gasteiger partial charge in [0.1, 0.15) is 5.75 Å². The molecule has 2 aromatic rings. The first-order chi connectivity index (χ1) is 11.8. The number of benzene rings is 2. The number of nitrogens with zero attached hydrogens (tertiary/aromatic N) is 2. The van der Waals surface area contributed by atoms with Gasteiger partial charge in [0.05, 0.1) is 10.6 Å². The molecular weight excluding hydrogens is 324 g/mol. The van der Waals surface area contributed by atoms with E-state index in [0.29, 0.717) is 17.0 Å². The fraction of sp³-hybridized carbons (Fsp3) is 0.222. The summed E-state index contributed by atoms with van der Waals surface area (Å²) in [5.74, 6) is -0.601. The first kappa shape index (κ1) is 18.1. The fourth-order valence-electron chi connectivity index (χ4n) is 2.12. The Kier molecular flexibility index (Phi) is 5.49. The van der Waals surface area contributed by atoms with E-state index in [4.69, 9.17) is 9.84 Å². The molecule has 0 spiro atoms. The van der Waals surface area contributed by atoms with E-state index >= 15 is 0 Å². The predicted molar refractivity (Wildman–Crippen MR) is 94.0 cm³/mol. The Hall–Kier alpha value is -3.22. The lowest BCUT2D eigenvalue weighted by Crippen LogP contribution is -2.22. The van der Waals surface area contributed by atoms with Crippen LogP contribution in [0.3, 0.4) is 0 Å². The summed E-state index contributed by atoms with van der Waals surface area (Å²) in [5, 5.41) is 19.9. The highest BCUT2D eigenvalue weighted by Crippen LogP contribution is 2.27. The standard InChI is InChI=1S/C18H18N2O5/c1-11-8-15(9-17(12(11)2)20(23)24)19-10-14-4-6-16(7-5-14)25-13(3)18(21)22/h4-10,13H,1-3H3,(H,21,22)/t13-/m0/s1. The molecule has 7 heteroatoms. The predicted octanol–water partition coefficient (Wildman–Crippen LogP) is 3.81. The normalized spacial score (nSPS) is 12.1. The smallest absolute Gasteiger partial charge is 0.344 e. The Morgan fingerprint density at radius 1 is 1.28 bits per heavy atom. The van der Waals surface area contributed by atoms with Crippen molar-refractivity contribution in [1.29, 1.82) is 0 Å². The molecule has 1 N–H and O–H groups in total. The van der Waals surface area contributed by atoms with Gasteiger partial charge in [0.25, 0.3) is 5.69 Å². The zero-order valence-electron chi connectivity index (χ0n) is 14.1. The van der Waals surface area contributed by atoms with E-state index in [1.165, 1.54) is 13.0 Å². The van der Waals surface area contributed by atoms with Gasteiger partial charge in [-0.1, -0.05) is 0 Å². The SMILES string of the molecule is Cc1cc(N=Cc2ccc(O[C@@H](C)C(=O)O)cc2)cc([N+](=O)[O-])c1C. The Morgan fingerprint density at radius 3 is 2.48 bits per heavy atom. The number of nitro groups is 1. The molecule has 2 rings (SSSR count). The number of aliphatic imine (C=N–C) groups is 1. The van der Waals surface area contributed by atoms with Crippen LogP contribution in [0.25, 0.3) is 0 Å². The number of carbonyl (C=O) groups is 1. The fourth-order valence-corrected chi connectivity index (χ4v) is 2.12. The maximum atomic E-state index is 11.1. The monoisotopic (exact) mass is 342 g/mol. The van der Waals surface area contributed by atoms with Crippen molar-refractivity contribution in [3.63, 3.8) is 0 Å². The molecule has 0 saturated heterocycles. The minimum Gasteiger partial charge on any atom is -0.479 e. The van der Waals surface area contributed by atoms with Crippen LogP contribution in [0.5, 0.6) is 5.75 Å². The van der Waals surface area contributed by atoms with Crippen LogP contribution in [0, 0.1) is 24.0 Å². The van der Waals surface area contributed by atoms with Gasteiger partial charge in [0.15, 0.2) is 6.10 Å². The van der Waals surface area contributed by atoms with Crippen molar-refractivity contribution in [3.8, 4) is 5.75 Å². The number of nitro benzene ring substituents is 1. The Morgan fingerprint density at radius 2 is 1.92 bits per heavy atom. The summed E-state index contributed by atoms with van der Waals surface area (Å²) in [6, 6.07) is 9.95. The van der Waals surface area contributed by atoms with Gasteiger partial charge in [-0.15, -0.1) is 0 Å². The summed E-state index contributed by atoms with van der Waals surface area (Å²) >= 11 is 0. The van der Waals surface area contributed by atoms with Gasteiger partial charge in [-0.3, -0.25) is 15.1 Å². The second-order valence-electron chi connectivity index (χ2n) is 5.59. The lowest BCUT2D eigenvalue weighted by molar-refractivity contribution is -0.385. The summed E-state index contributed by atoms with van der Waals surface area (Å²) < 4.78 is 5.25. The van der Waals surface area contributed by atoms with Crippen molar-refractivity contribution in [3.05, 3.63) is 63.2 Å². The first-order valence-electron chi connectivity index (χ1n) is 7.57. The van der Waals surface area contributed by atoms with Gasteiger partial charge in [-0.2, -0.15) is 0 Å². The molecule has 0 heterocycles. The summed E-state index contributed by atoms with van der Waals surface area (Å²) in [7, 11) is 0. The second kappa shape index (κ2) is 7.57.